The number of halogens is 2. The van der Waals surface area contributed by atoms with Crippen molar-refractivity contribution in [2.24, 2.45) is 5.73 Å². The van der Waals surface area contributed by atoms with E-state index in [1.165, 1.54) is 12.3 Å². The van der Waals surface area contributed by atoms with Gasteiger partial charge in [0.25, 0.3) is 5.89 Å². The summed E-state index contributed by atoms with van der Waals surface area (Å²) < 4.78 is 44.8. The van der Waals surface area contributed by atoms with E-state index >= 15 is 0 Å². The van der Waals surface area contributed by atoms with Crippen LogP contribution >= 0.6 is 0 Å². The summed E-state index contributed by atoms with van der Waals surface area (Å²) in [5.74, 6) is -0.212. The SMILES string of the molecule is CC(C)OC(=O)N1CCC(O[C@H](C)c2nc(-c3cnc(N4C[C@H](c5cc(F)ccc5F)[C@@H](N)C4)cn3)no2)CC1. The minimum atomic E-state index is -0.500. The Morgan fingerprint density at radius 2 is 1.90 bits per heavy atom. The predicted octanol–water partition coefficient (Wildman–Crippen LogP) is 3.82. The molecule has 0 unspecified atom stereocenters. The van der Waals surface area contributed by atoms with Crippen LogP contribution in [0.4, 0.5) is 19.4 Å². The molecular formula is C27H33F2N7O4. The van der Waals surface area contributed by atoms with Crippen molar-refractivity contribution in [3.8, 4) is 11.5 Å². The number of nitrogens with zero attached hydrogens (tertiary/aromatic N) is 6. The molecule has 3 atom stereocenters. The highest BCUT2D eigenvalue weighted by molar-refractivity contribution is 5.67. The van der Waals surface area contributed by atoms with Crippen molar-refractivity contribution >= 4 is 11.9 Å². The van der Waals surface area contributed by atoms with Gasteiger partial charge in [0, 0.05) is 38.1 Å². The summed E-state index contributed by atoms with van der Waals surface area (Å²) >= 11 is 0. The number of aromatic nitrogens is 4. The third-order valence-corrected chi connectivity index (χ3v) is 7.14. The van der Waals surface area contributed by atoms with E-state index in [4.69, 9.17) is 19.7 Å². The van der Waals surface area contributed by atoms with Crippen LogP contribution in [0.5, 0.6) is 0 Å². The Bertz CT molecular complexity index is 1310. The summed E-state index contributed by atoms with van der Waals surface area (Å²) in [4.78, 5) is 29.0. The largest absolute Gasteiger partial charge is 0.447 e. The monoisotopic (exact) mass is 557 g/mol. The second-order valence-electron chi connectivity index (χ2n) is 10.5. The van der Waals surface area contributed by atoms with Crippen LogP contribution < -0.4 is 10.6 Å². The minimum absolute atomic E-state index is 0.0518. The predicted molar refractivity (Wildman–Crippen MR) is 140 cm³/mol. The lowest BCUT2D eigenvalue weighted by Gasteiger charge is -2.32. The summed E-state index contributed by atoms with van der Waals surface area (Å²) in [6, 6.07) is 3.02. The summed E-state index contributed by atoms with van der Waals surface area (Å²) in [6.45, 7) is 7.40. The highest BCUT2D eigenvalue weighted by Gasteiger charge is 2.34. The van der Waals surface area contributed by atoms with E-state index in [1.807, 2.05) is 25.7 Å². The zero-order chi connectivity index (χ0) is 28.4. The lowest BCUT2D eigenvalue weighted by Crippen LogP contribution is -2.42. The number of amides is 1. The number of piperidine rings is 1. The van der Waals surface area contributed by atoms with Crippen molar-refractivity contribution < 1.29 is 27.6 Å². The van der Waals surface area contributed by atoms with Crippen LogP contribution in [-0.4, -0.2) is 75.5 Å². The van der Waals surface area contributed by atoms with E-state index in [-0.39, 0.29) is 41.6 Å². The maximum Gasteiger partial charge on any atom is 0.410 e. The molecule has 2 saturated heterocycles. The van der Waals surface area contributed by atoms with E-state index in [2.05, 4.69) is 20.1 Å². The first-order valence-corrected chi connectivity index (χ1v) is 13.4. The molecule has 1 aromatic carbocycles. The molecule has 5 rings (SSSR count). The van der Waals surface area contributed by atoms with Gasteiger partial charge in [-0.3, -0.25) is 0 Å². The molecule has 2 N–H and O–H groups in total. The number of hydrogen-bond donors (Lipinski definition) is 1. The molecular weight excluding hydrogens is 524 g/mol. The van der Waals surface area contributed by atoms with Crippen LogP contribution in [0.2, 0.25) is 0 Å². The average Bonchev–Trinajstić information content (AvgIpc) is 3.58. The number of benzene rings is 1. The molecule has 13 heteroatoms. The molecule has 0 bridgehead atoms. The summed E-state index contributed by atoms with van der Waals surface area (Å²) in [6.07, 6.45) is 3.50. The van der Waals surface area contributed by atoms with Crippen molar-refractivity contribution in [2.75, 3.05) is 31.1 Å². The smallest absolute Gasteiger partial charge is 0.410 e. The molecule has 4 heterocycles. The number of carbonyl (C=O) groups is 1. The Morgan fingerprint density at radius 1 is 1.12 bits per heavy atom. The van der Waals surface area contributed by atoms with Gasteiger partial charge < -0.3 is 29.5 Å². The second-order valence-corrected chi connectivity index (χ2v) is 10.5. The number of likely N-dealkylation sites (tertiary alicyclic amines) is 1. The van der Waals surface area contributed by atoms with Gasteiger partial charge in [0.05, 0.1) is 24.6 Å². The van der Waals surface area contributed by atoms with Gasteiger partial charge in [-0.15, -0.1) is 0 Å². The number of hydrogen-bond acceptors (Lipinski definition) is 10. The number of rotatable bonds is 7. The Hall–Kier alpha value is -3.71. The molecule has 40 heavy (non-hydrogen) atoms. The zero-order valence-corrected chi connectivity index (χ0v) is 22.7. The Kier molecular flexibility index (Phi) is 8.22. The van der Waals surface area contributed by atoms with Gasteiger partial charge in [-0.25, -0.2) is 23.5 Å². The maximum absolute atomic E-state index is 14.3. The maximum atomic E-state index is 14.3. The number of nitrogens with two attached hydrogens (primary N) is 1. The molecule has 0 radical (unpaired) electrons. The van der Waals surface area contributed by atoms with Crippen molar-refractivity contribution in [3.05, 3.63) is 53.7 Å². The Morgan fingerprint density at radius 3 is 2.60 bits per heavy atom. The van der Waals surface area contributed by atoms with Crippen LogP contribution in [0.25, 0.3) is 11.5 Å². The van der Waals surface area contributed by atoms with Crippen LogP contribution in [0.3, 0.4) is 0 Å². The zero-order valence-electron chi connectivity index (χ0n) is 22.7. The van der Waals surface area contributed by atoms with E-state index in [0.717, 1.165) is 12.1 Å². The lowest BCUT2D eigenvalue weighted by molar-refractivity contribution is -0.0475. The first kappa shape index (κ1) is 27.8. The van der Waals surface area contributed by atoms with Crippen LogP contribution in [-0.2, 0) is 9.47 Å². The summed E-state index contributed by atoms with van der Waals surface area (Å²) in [5, 5.41) is 4.02. The topological polar surface area (TPSA) is 133 Å². The summed E-state index contributed by atoms with van der Waals surface area (Å²) in [5.41, 5.74) is 6.94. The fraction of sp³-hybridized carbons (Fsp3) is 0.519. The van der Waals surface area contributed by atoms with E-state index < -0.39 is 17.7 Å². The molecule has 1 amide bonds. The van der Waals surface area contributed by atoms with Crippen LogP contribution in [0.1, 0.15) is 57.1 Å². The third-order valence-electron chi connectivity index (χ3n) is 7.14. The quantitative estimate of drug-likeness (QED) is 0.457. The van der Waals surface area contributed by atoms with Gasteiger partial charge >= 0.3 is 6.09 Å². The standard InChI is InChI=1S/C27H33F2N7O4/c1-15(2)38-27(37)35-8-6-18(7-9-35)39-16(3)26-33-25(34-40-26)23-11-32-24(12-31-23)36-13-20(22(30)14-36)19-10-17(28)4-5-21(19)29/h4-5,10-12,15-16,18,20,22H,6-9,13-14,30H2,1-3H3/t16-,20-,22+/m1/s1. The molecule has 2 aliphatic rings. The molecule has 2 fully saturated rings. The Balaban J connectivity index is 1.16. The second kappa shape index (κ2) is 11.8. The number of carbonyl (C=O) groups excluding carboxylic acids is 1. The fourth-order valence-corrected chi connectivity index (χ4v) is 5.05. The van der Waals surface area contributed by atoms with Crippen molar-refractivity contribution in [3.63, 3.8) is 0 Å². The highest BCUT2D eigenvalue weighted by atomic mass is 19.1. The van der Waals surface area contributed by atoms with Gasteiger partial charge in [0.15, 0.2) is 0 Å². The molecule has 3 aromatic rings. The average molecular weight is 558 g/mol. The normalized spacial score (nSPS) is 20.8. The van der Waals surface area contributed by atoms with E-state index in [1.54, 1.807) is 11.1 Å². The number of anilines is 1. The molecule has 11 nitrogen and oxygen atoms in total. The van der Waals surface area contributed by atoms with Crippen LogP contribution in [0.15, 0.2) is 35.1 Å². The van der Waals surface area contributed by atoms with Gasteiger partial charge in [-0.1, -0.05) is 5.16 Å². The highest BCUT2D eigenvalue weighted by Crippen LogP contribution is 2.31. The minimum Gasteiger partial charge on any atom is -0.447 e. The Labute approximate surface area is 230 Å². The first-order chi connectivity index (χ1) is 19.2. The van der Waals surface area contributed by atoms with Crippen LogP contribution in [0, 0.1) is 11.6 Å². The molecule has 0 saturated carbocycles. The molecule has 0 spiro atoms. The van der Waals surface area contributed by atoms with Gasteiger partial charge in [0.1, 0.15) is 29.3 Å². The molecule has 2 aromatic heterocycles. The third kappa shape index (κ3) is 6.20. The van der Waals surface area contributed by atoms with Crippen molar-refractivity contribution in [1.29, 1.82) is 0 Å². The summed E-state index contributed by atoms with van der Waals surface area (Å²) in [7, 11) is 0. The van der Waals surface area contributed by atoms with Crippen molar-refractivity contribution in [1.82, 2.24) is 25.0 Å². The molecule has 0 aliphatic carbocycles. The lowest BCUT2D eigenvalue weighted by atomic mass is 9.94. The van der Waals surface area contributed by atoms with Crippen molar-refractivity contribution in [2.45, 2.75) is 63.9 Å². The van der Waals surface area contributed by atoms with E-state index in [0.29, 0.717) is 56.4 Å². The molecule has 2 aliphatic heterocycles. The van der Waals surface area contributed by atoms with Gasteiger partial charge in [-0.2, -0.15) is 4.98 Å². The van der Waals surface area contributed by atoms with Gasteiger partial charge in [-0.05, 0) is 57.4 Å². The molecule has 214 valence electrons. The first-order valence-electron chi connectivity index (χ1n) is 13.4. The van der Waals surface area contributed by atoms with Gasteiger partial charge in [0.2, 0.25) is 5.82 Å². The van der Waals surface area contributed by atoms with E-state index in [9.17, 15) is 13.6 Å². The number of ether oxygens (including phenoxy) is 2. The fourth-order valence-electron chi connectivity index (χ4n) is 5.05.